The lowest BCUT2D eigenvalue weighted by atomic mass is 10.0. The molecule has 1 unspecified atom stereocenters. The molecule has 136 valence electrons. The number of para-hydroxylation sites is 2. The van der Waals surface area contributed by atoms with E-state index < -0.39 is 0 Å². The zero-order valence-electron chi connectivity index (χ0n) is 15.7. The summed E-state index contributed by atoms with van der Waals surface area (Å²) in [6.45, 7) is 1.42. The minimum atomic E-state index is 0.0400. The van der Waals surface area contributed by atoms with Gasteiger partial charge < -0.3 is 14.4 Å². The Morgan fingerprint density at radius 3 is 2.46 bits per heavy atom. The highest BCUT2D eigenvalue weighted by molar-refractivity contribution is 5.77. The van der Waals surface area contributed by atoms with E-state index in [0.717, 1.165) is 23.1 Å². The fourth-order valence-corrected chi connectivity index (χ4v) is 3.23. The van der Waals surface area contributed by atoms with Gasteiger partial charge in [0, 0.05) is 26.6 Å². The Bertz CT molecular complexity index is 857. The van der Waals surface area contributed by atoms with Gasteiger partial charge in [-0.2, -0.15) is 0 Å². The molecule has 0 aliphatic rings. The second-order valence-corrected chi connectivity index (χ2v) is 6.87. The molecule has 0 radical (unpaired) electrons. The van der Waals surface area contributed by atoms with Crippen LogP contribution in [0.5, 0.6) is 0 Å². The molecule has 0 saturated carbocycles. The van der Waals surface area contributed by atoms with E-state index in [-0.39, 0.29) is 11.9 Å². The number of imidazole rings is 1. The molecule has 0 fully saturated rings. The minimum Gasteiger partial charge on any atom is -0.337 e. The predicted molar refractivity (Wildman–Crippen MR) is 105 cm³/mol. The average Bonchev–Trinajstić information content (AvgIpc) is 3.07. The minimum absolute atomic E-state index is 0.0400. The van der Waals surface area contributed by atoms with Crippen molar-refractivity contribution in [1.29, 1.82) is 0 Å². The Morgan fingerprint density at radius 1 is 1.04 bits per heavy atom. The first-order chi connectivity index (χ1) is 12.6. The van der Waals surface area contributed by atoms with Crippen LogP contribution in [-0.2, 0) is 11.3 Å². The molecule has 3 rings (SSSR count). The molecule has 1 atom stereocenters. The molecule has 2 aromatic carbocycles. The van der Waals surface area contributed by atoms with Gasteiger partial charge in [-0.05, 0) is 31.8 Å². The highest BCUT2D eigenvalue weighted by Gasteiger charge is 2.22. The quantitative estimate of drug-likeness (QED) is 0.657. The number of hydrogen-bond acceptors (Lipinski definition) is 3. The average molecular weight is 350 g/mol. The van der Waals surface area contributed by atoms with E-state index in [9.17, 15) is 4.79 Å². The SMILES string of the molecule is CN(C)CC(c1ccccc1)N(C)C(=O)CCn1cnc2ccccc21. The number of amides is 1. The van der Waals surface area contributed by atoms with E-state index in [1.54, 1.807) is 0 Å². The zero-order chi connectivity index (χ0) is 18.5. The number of hydrogen-bond donors (Lipinski definition) is 0. The van der Waals surface area contributed by atoms with Crippen molar-refractivity contribution in [2.24, 2.45) is 0 Å². The topological polar surface area (TPSA) is 41.4 Å². The number of nitrogens with zero attached hydrogens (tertiary/aromatic N) is 4. The number of aryl methyl sites for hydroxylation is 1. The van der Waals surface area contributed by atoms with Crippen LogP contribution in [0, 0.1) is 0 Å². The molecule has 1 amide bonds. The number of rotatable bonds is 7. The van der Waals surface area contributed by atoms with Crippen molar-refractivity contribution in [2.75, 3.05) is 27.7 Å². The van der Waals surface area contributed by atoms with Crippen LogP contribution < -0.4 is 0 Å². The summed E-state index contributed by atoms with van der Waals surface area (Å²) in [5.74, 6) is 0.137. The number of carbonyl (C=O) groups excluding carboxylic acids is 1. The smallest absolute Gasteiger partial charge is 0.224 e. The third-order valence-electron chi connectivity index (χ3n) is 4.68. The summed E-state index contributed by atoms with van der Waals surface area (Å²) in [7, 11) is 5.97. The molecule has 0 bridgehead atoms. The largest absolute Gasteiger partial charge is 0.337 e. The highest BCUT2D eigenvalue weighted by atomic mass is 16.2. The number of benzene rings is 2. The summed E-state index contributed by atoms with van der Waals surface area (Å²) in [6.07, 6.45) is 2.26. The molecule has 0 saturated heterocycles. The van der Waals surface area contributed by atoms with Crippen LogP contribution in [0.1, 0.15) is 18.0 Å². The summed E-state index contributed by atoms with van der Waals surface area (Å²) < 4.78 is 2.05. The van der Waals surface area contributed by atoms with Crippen LogP contribution in [0.4, 0.5) is 0 Å². The van der Waals surface area contributed by atoms with Crippen molar-refractivity contribution in [2.45, 2.75) is 19.0 Å². The van der Waals surface area contributed by atoms with Gasteiger partial charge in [-0.25, -0.2) is 4.98 Å². The monoisotopic (exact) mass is 350 g/mol. The van der Waals surface area contributed by atoms with Gasteiger partial charge >= 0.3 is 0 Å². The van der Waals surface area contributed by atoms with Crippen molar-refractivity contribution in [3.05, 3.63) is 66.5 Å². The zero-order valence-corrected chi connectivity index (χ0v) is 15.7. The van der Waals surface area contributed by atoms with Gasteiger partial charge in [0.2, 0.25) is 5.91 Å². The van der Waals surface area contributed by atoms with Crippen LogP contribution in [0.3, 0.4) is 0 Å². The Hall–Kier alpha value is -2.66. The number of fused-ring (bicyclic) bond motifs is 1. The molecule has 26 heavy (non-hydrogen) atoms. The second-order valence-electron chi connectivity index (χ2n) is 6.87. The second kappa shape index (κ2) is 8.15. The van der Waals surface area contributed by atoms with E-state index in [1.165, 1.54) is 0 Å². The van der Waals surface area contributed by atoms with Gasteiger partial charge in [-0.1, -0.05) is 42.5 Å². The van der Waals surface area contributed by atoms with Crippen LogP contribution in [0.25, 0.3) is 11.0 Å². The fourth-order valence-electron chi connectivity index (χ4n) is 3.23. The lowest BCUT2D eigenvalue weighted by Crippen LogP contribution is -2.37. The molecule has 0 aliphatic carbocycles. The van der Waals surface area contributed by atoms with Crippen LogP contribution in [0.15, 0.2) is 60.9 Å². The molecule has 5 heteroatoms. The van der Waals surface area contributed by atoms with Crippen molar-refractivity contribution < 1.29 is 4.79 Å². The Morgan fingerprint density at radius 2 is 1.73 bits per heavy atom. The van der Waals surface area contributed by atoms with Crippen molar-refractivity contribution in [3.8, 4) is 0 Å². The first kappa shape index (κ1) is 18.1. The van der Waals surface area contributed by atoms with E-state index in [1.807, 2.05) is 79.4 Å². The van der Waals surface area contributed by atoms with E-state index in [4.69, 9.17) is 0 Å². The summed E-state index contributed by atoms with van der Waals surface area (Å²) in [4.78, 5) is 21.2. The maximum atomic E-state index is 12.8. The van der Waals surface area contributed by atoms with Gasteiger partial charge in [0.1, 0.15) is 0 Å². The van der Waals surface area contributed by atoms with Gasteiger partial charge in [0.15, 0.2) is 0 Å². The maximum absolute atomic E-state index is 12.8. The predicted octanol–water partition coefficient (Wildman–Crippen LogP) is 3.19. The van der Waals surface area contributed by atoms with Crippen LogP contribution in [-0.4, -0.2) is 52.9 Å². The third-order valence-corrected chi connectivity index (χ3v) is 4.68. The van der Waals surface area contributed by atoms with Crippen molar-refractivity contribution in [3.63, 3.8) is 0 Å². The maximum Gasteiger partial charge on any atom is 0.224 e. The van der Waals surface area contributed by atoms with Crippen molar-refractivity contribution >= 4 is 16.9 Å². The first-order valence-corrected chi connectivity index (χ1v) is 8.91. The third kappa shape index (κ3) is 4.11. The molecule has 1 heterocycles. The number of carbonyl (C=O) groups is 1. The Kier molecular flexibility index (Phi) is 5.68. The standard InChI is InChI=1S/C21H26N4O/c1-23(2)15-20(17-9-5-4-6-10-17)24(3)21(26)13-14-25-16-22-18-11-7-8-12-19(18)25/h4-12,16,20H,13-15H2,1-3H3. The van der Waals surface area contributed by atoms with Gasteiger partial charge in [0.05, 0.1) is 23.4 Å². The molecule has 1 aromatic heterocycles. The van der Waals surface area contributed by atoms with Gasteiger partial charge in [0.25, 0.3) is 0 Å². The number of aromatic nitrogens is 2. The lowest BCUT2D eigenvalue weighted by Gasteiger charge is -2.31. The summed E-state index contributed by atoms with van der Waals surface area (Å²) in [5.41, 5.74) is 3.18. The van der Waals surface area contributed by atoms with Crippen molar-refractivity contribution in [1.82, 2.24) is 19.4 Å². The lowest BCUT2D eigenvalue weighted by molar-refractivity contribution is -0.132. The molecular formula is C21H26N4O. The van der Waals surface area contributed by atoms with Crippen LogP contribution >= 0.6 is 0 Å². The summed E-state index contributed by atoms with van der Waals surface area (Å²) in [6, 6.07) is 18.3. The van der Waals surface area contributed by atoms with Crippen LogP contribution in [0.2, 0.25) is 0 Å². The normalized spacial score (nSPS) is 12.5. The summed E-state index contributed by atoms with van der Waals surface area (Å²) in [5, 5.41) is 0. The van der Waals surface area contributed by atoms with Gasteiger partial charge in [-0.15, -0.1) is 0 Å². The molecular weight excluding hydrogens is 324 g/mol. The molecule has 0 N–H and O–H groups in total. The summed E-state index contributed by atoms with van der Waals surface area (Å²) >= 11 is 0. The first-order valence-electron chi connectivity index (χ1n) is 8.91. The Labute approximate surface area is 154 Å². The van der Waals surface area contributed by atoms with E-state index in [2.05, 4.69) is 22.0 Å². The Balaban J connectivity index is 1.70. The molecule has 0 spiro atoms. The number of likely N-dealkylation sites (N-methyl/N-ethyl adjacent to an activating group) is 2. The molecule has 3 aromatic rings. The molecule has 5 nitrogen and oxygen atoms in total. The fraction of sp³-hybridized carbons (Fsp3) is 0.333. The molecule has 0 aliphatic heterocycles. The highest BCUT2D eigenvalue weighted by Crippen LogP contribution is 2.21. The van der Waals surface area contributed by atoms with E-state index in [0.29, 0.717) is 13.0 Å². The van der Waals surface area contributed by atoms with Gasteiger partial charge in [-0.3, -0.25) is 4.79 Å². The van der Waals surface area contributed by atoms with E-state index >= 15 is 0 Å².